The van der Waals surface area contributed by atoms with E-state index in [4.69, 9.17) is 11.6 Å². The van der Waals surface area contributed by atoms with E-state index in [0.717, 1.165) is 11.3 Å². The van der Waals surface area contributed by atoms with Crippen molar-refractivity contribution in [2.24, 2.45) is 0 Å². The summed E-state index contributed by atoms with van der Waals surface area (Å²) in [5.74, 6) is 0.0168. The Hall–Kier alpha value is -2.20. The van der Waals surface area contributed by atoms with Gasteiger partial charge >= 0.3 is 0 Å². The Kier molecular flexibility index (Phi) is 3.47. The lowest BCUT2D eigenvalue weighted by molar-refractivity contribution is 0.636. The van der Waals surface area contributed by atoms with Gasteiger partial charge in [0.05, 0.1) is 0 Å². The predicted molar refractivity (Wildman–Crippen MR) is 84.3 cm³/mol. The van der Waals surface area contributed by atoms with E-state index in [1.807, 2.05) is 43.3 Å². The number of halogens is 2. The number of para-hydroxylation sites is 1. The van der Waals surface area contributed by atoms with Crippen LogP contribution in [0.25, 0.3) is 22.3 Å². The first-order valence-corrected chi connectivity index (χ1v) is 6.83. The Balaban J connectivity index is 2.21. The van der Waals surface area contributed by atoms with Crippen molar-refractivity contribution < 1.29 is 4.39 Å². The summed E-state index contributed by atoms with van der Waals surface area (Å²) in [6, 6.07) is 12.4. The maximum atomic E-state index is 13.9. The number of nitrogens with zero attached hydrogens (tertiary/aromatic N) is 3. The predicted octanol–water partition coefficient (Wildman–Crippen LogP) is 4.16. The molecule has 5 heteroatoms. The van der Waals surface area contributed by atoms with Crippen LogP contribution in [0, 0.1) is 5.82 Å². The van der Waals surface area contributed by atoms with Crippen molar-refractivity contribution in [2.75, 3.05) is 19.0 Å². The van der Waals surface area contributed by atoms with E-state index in [2.05, 4.69) is 9.97 Å². The largest absolute Gasteiger partial charge is 0.378 e. The molecule has 0 radical (unpaired) electrons. The Morgan fingerprint density at radius 1 is 1.05 bits per heavy atom. The molecule has 2 aromatic carbocycles. The molecular weight excluding hydrogens is 289 g/mol. The average molecular weight is 302 g/mol. The molecule has 0 saturated carbocycles. The molecule has 0 bridgehead atoms. The maximum absolute atomic E-state index is 13.9. The number of benzene rings is 2. The summed E-state index contributed by atoms with van der Waals surface area (Å²) >= 11 is 6.16. The highest BCUT2D eigenvalue weighted by Crippen LogP contribution is 2.27. The van der Waals surface area contributed by atoms with Gasteiger partial charge in [0, 0.05) is 30.7 Å². The van der Waals surface area contributed by atoms with Crippen LogP contribution < -0.4 is 4.90 Å². The number of fused-ring (bicyclic) bond motifs is 1. The molecule has 0 N–H and O–H groups in total. The summed E-state index contributed by atoms with van der Waals surface area (Å²) in [6.45, 7) is 0. The second-order valence-electron chi connectivity index (χ2n) is 4.92. The van der Waals surface area contributed by atoms with Crippen LogP contribution >= 0.6 is 11.6 Å². The van der Waals surface area contributed by atoms with Crippen molar-refractivity contribution in [3.05, 3.63) is 53.4 Å². The highest BCUT2D eigenvalue weighted by molar-refractivity contribution is 6.34. The maximum Gasteiger partial charge on any atom is 0.161 e. The number of anilines is 1. The third-order valence-electron chi connectivity index (χ3n) is 3.25. The minimum absolute atomic E-state index is 0.239. The van der Waals surface area contributed by atoms with E-state index in [1.54, 1.807) is 12.1 Å². The molecule has 0 saturated heterocycles. The van der Waals surface area contributed by atoms with E-state index < -0.39 is 5.82 Å². The molecule has 0 atom stereocenters. The molecule has 0 amide bonds. The van der Waals surface area contributed by atoms with Gasteiger partial charge in [0.25, 0.3) is 0 Å². The van der Waals surface area contributed by atoms with Crippen molar-refractivity contribution in [3.63, 3.8) is 0 Å². The van der Waals surface area contributed by atoms with Gasteiger partial charge in [-0.3, -0.25) is 0 Å². The van der Waals surface area contributed by atoms with Crippen molar-refractivity contribution in [1.29, 1.82) is 0 Å². The lowest BCUT2D eigenvalue weighted by Crippen LogP contribution is -2.08. The number of aromatic nitrogens is 2. The van der Waals surface area contributed by atoms with E-state index in [1.165, 1.54) is 6.07 Å². The second-order valence-corrected chi connectivity index (χ2v) is 5.28. The van der Waals surface area contributed by atoms with Crippen LogP contribution in [0.5, 0.6) is 0 Å². The smallest absolute Gasteiger partial charge is 0.161 e. The SMILES string of the molecule is CN(C)c1cccc(-c2nc(Cl)c3cccc(F)c3n2)c1. The zero-order chi connectivity index (χ0) is 15.0. The molecule has 0 aliphatic heterocycles. The summed E-state index contributed by atoms with van der Waals surface area (Å²) in [7, 11) is 3.90. The molecule has 1 heterocycles. The zero-order valence-electron chi connectivity index (χ0n) is 11.6. The number of hydrogen-bond donors (Lipinski definition) is 0. The second kappa shape index (κ2) is 5.30. The van der Waals surface area contributed by atoms with Gasteiger partial charge in [-0.1, -0.05) is 29.8 Å². The summed E-state index contributed by atoms with van der Waals surface area (Å²) in [5, 5.41) is 0.772. The lowest BCUT2D eigenvalue weighted by atomic mass is 10.1. The first-order valence-electron chi connectivity index (χ1n) is 6.46. The first kappa shape index (κ1) is 13.8. The van der Waals surface area contributed by atoms with Crippen LogP contribution in [0.4, 0.5) is 10.1 Å². The Bertz CT molecular complexity index is 818. The van der Waals surface area contributed by atoms with E-state index >= 15 is 0 Å². The van der Waals surface area contributed by atoms with Gasteiger partial charge in [-0.25, -0.2) is 14.4 Å². The minimum atomic E-state index is -0.401. The van der Waals surface area contributed by atoms with E-state index in [-0.39, 0.29) is 10.7 Å². The molecular formula is C16H13ClFN3. The summed E-state index contributed by atoms with van der Waals surface area (Å²) in [5.41, 5.74) is 2.05. The van der Waals surface area contributed by atoms with Gasteiger partial charge in [0.15, 0.2) is 5.82 Å². The molecule has 106 valence electrons. The van der Waals surface area contributed by atoms with Crippen LogP contribution in [-0.4, -0.2) is 24.1 Å². The van der Waals surface area contributed by atoms with Crippen LogP contribution in [0.3, 0.4) is 0 Å². The van der Waals surface area contributed by atoms with Crippen molar-refractivity contribution in [2.45, 2.75) is 0 Å². The van der Waals surface area contributed by atoms with Crippen molar-refractivity contribution in [3.8, 4) is 11.4 Å². The van der Waals surface area contributed by atoms with Crippen LogP contribution in [-0.2, 0) is 0 Å². The van der Waals surface area contributed by atoms with Crippen LogP contribution in [0.15, 0.2) is 42.5 Å². The van der Waals surface area contributed by atoms with Gasteiger partial charge in [0.1, 0.15) is 16.5 Å². The van der Waals surface area contributed by atoms with Gasteiger partial charge in [-0.05, 0) is 24.3 Å². The van der Waals surface area contributed by atoms with Crippen LogP contribution in [0.1, 0.15) is 0 Å². The molecule has 0 fully saturated rings. The number of hydrogen-bond acceptors (Lipinski definition) is 3. The van der Waals surface area contributed by atoms with Crippen molar-refractivity contribution >= 4 is 28.2 Å². The third-order valence-corrected chi connectivity index (χ3v) is 3.54. The fourth-order valence-electron chi connectivity index (χ4n) is 2.13. The minimum Gasteiger partial charge on any atom is -0.378 e. The summed E-state index contributed by atoms with van der Waals surface area (Å²) < 4.78 is 13.9. The molecule has 0 aliphatic carbocycles. The Labute approximate surface area is 127 Å². The fourth-order valence-corrected chi connectivity index (χ4v) is 2.36. The monoisotopic (exact) mass is 301 g/mol. The van der Waals surface area contributed by atoms with Crippen LogP contribution in [0.2, 0.25) is 5.15 Å². The van der Waals surface area contributed by atoms with Gasteiger partial charge in [-0.15, -0.1) is 0 Å². The third kappa shape index (κ3) is 2.54. The molecule has 3 nitrogen and oxygen atoms in total. The molecule has 21 heavy (non-hydrogen) atoms. The fraction of sp³-hybridized carbons (Fsp3) is 0.125. The molecule has 3 aromatic rings. The highest BCUT2D eigenvalue weighted by atomic mass is 35.5. The van der Waals surface area contributed by atoms with Gasteiger partial charge in [-0.2, -0.15) is 0 Å². The first-order chi connectivity index (χ1) is 10.1. The van der Waals surface area contributed by atoms with E-state index in [0.29, 0.717) is 11.2 Å². The lowest BCUT2D eigenvalue weighted by Gasteiger charge is -2.13. The average Bonchev–Trinajstić information content (AvgIpc) is 2.48. The number of rotatable bonds is 2. The van der Waals surface area contributed by atoms with Gasteiger partial charge in [0.2, 0.25) is 0 Å². The normalized spacial score (nSPS) is 10.9. The quantitative estimate of drug-likeness (QED) is 0.666. The van der Waals surface area contributed by atoms with E-state index in [9.17, 15) is 4.39 Å². The summed E-state index contributed by atoms with van der Waals surface area (Å²) in [4.78, 5) is 10.6. The molecule has 0 unspecified atom stereocenters. The zero-order valence-corrected chi connectivity index (χ0v) is 12.4. The Morgan fingerprint density at radius 2 is 1.81 bits per heavy atom. The topological polar surface area (TPSA) is 29.0 Å². The standard InChI is InChI=1S/C16H13ClFN3/c1-21(2)11-6-3-5-10(9-11)16-19-14-12(15(17)20-16)7-4-8-13(14)18/h3-9H,1-2H3. The Morgan fingerprint density at radius 3 is 2.57 bits per heavy atom. The highest BCUT2D eigenvalue weighted by Gasteiger charge is 2.11. The van der Waals surface area contributed by atoms with Crippen molar-refractivity contribution in [1.82, 2.24) is 9.97 Å². The molecule has 0 spiro atoms. The molecule has 1 aromatic heterocycles. The summed E-state index contributed by atoms with van der Waals surface area (Å²) in [6.07, 6.45) is 0. The molecule has 0 aliphatic rings. The van der Waals surface area contributed by atoms with Gasteiger partial charge < -0.3 is 4.90 Å². The molecule has 3 rings (SSSR count).